The van der Waals surface area contributed by atoms with E-state index in [0.29, 0.717) is 0 Å². The Morgan fingerprint density at radius 1 is 0.909 bits per heavy atom. The first-order chi connectivity index (χ1) is 10.8. The van der Waals surface area contributed by atoms with E-state index < -0.39 is 0 Å². The Bertz CT molecular complexity index is 466. The molecule has 3 rings (SSSR count). The Kier molecular flexibility index (Phi) is 5.51. The molecule has 2 saturated heterocycles. The first kappa shape index (κ1) is 16.0. The molecule has 1 aromatic carbocycles. The SMILES string of the molecule is CCc1ccccc1CN1CCC(N2CCN(CC)CC2)C1. The van der Waals surface area contributed by atoms with Crippen LogP contribution < -0.4 is 0 Å². The van der Waals surface area contributed by atoms with Crippen molar-refractivity contribution < 1.29 is 0 Å². The average molecular weight is 301 g/mol. The van der Waals surface area contributed by atoms with Gasteiger partial charge in [-0.2, -0.15) is 0 Å². The molecule has 1 atom stereocenters. The van der Waals surface area contributed by atoms with Gasteiger partial charge in [0.25, 0.3) is 0 Å². The number of aryl methyl sites for hydroxylation is 1. The highest BCUT2D eigenvalue weighted by Crippen LogP contribution is 2.21. The zero-order chi connectivity index (χ0) is 15.4. The van der Waals surface area contributed by atoms with Crippen LogP contribution in [0.15, 0.2) is 24.3 Å². The highest BCUT2D eigenvalue weighted by atomic mass is 15.3. The van der Waals surface area contributed by atoms with Gasteiger partial charge in [-0.3, -0.25) is 9.80 Å². The summed E-state index contributed by atoms with van der Waals surface area (Å²) in [4.78, 5) is 7.96. The molecule has 3 heteroatoms. The zero-order valence-electron chi connectivity index (χ0n) is 14.3. The fraction of sp³-hybridized carbons (Fsp3) is 0.684. The molecule has 2 heterocycles. The third kappa shape index (κ3) is 3.70. The highest BCUT2D eigenvalue weighted by molar-refractivity contribution is 5.27. The van der Waals surface area contributed by atoms with Crippen LogP contribution in [0.1, 0.15) is 31.4 Å². The average Bonchev–Trinajstić information content (AvgIpc) is 3.04. The van der Waals surface area contributed by atoms with Gasteiger partial charge in [0, 0.05) is 51.9 Å². The van der Waals surface area contributed by atoms with Crippen LogP contribution in [-0.4, -0.2) is 66.6 Å². The van der Waals surface area contributed by atoms with Gasteiger partial charge in [0.1, 0.15) is 0 Å². The summed E-state index contributed by atoms with van der Waals surface area (Å²) in [6, 6.07) is 9.74. The lowest BCUT2D eigenvalue weighted by molar-refractivity contribution is 0.101. The minimum atomic E-state index is 0.785. The van der Waals surface area contributed by atoms with Gasteiger partial charge in [0.15, 0.2) is 0 Å². The first-order valence-corrected chi connectivity index (χ1v) is 9.05. The largest absolute Gasteiger partial charge is 0.301 e. The van der Waals surface area contributed by atoms with Gasteiger partial charge >= 0.3 is 0 Å². The fourth-order valence-electron chi connectivity index (χ4n) is 4.00. The number of likely N-dealkylation sites (N-methyl/N-ethyl adjacent to an activating group) is 1. The van der Waals surface area contributed by atoms with Crippen molar-refractivity contribution in [3.63, 3.8) is 0 Å². The summed E-state index contributed by atoms with van der Waals surface area (Å²) in [5.74, 6) is 0. The summed E-state index contributed by atoms with van der Waals surface area (Å²) in [5, 5.41) is 0. The fourth-order valence-corrected chi connectivity index (χ4v) is 4.00. The number of nitrogens with zero attached hydrogens (tertiary/aromatic N) is 3. The summed E-state index contributed by atoms with van der Waals surface area (Å²) in [6.07, 6.45) is 2.49. The van der Waals surface area contributed by atoms with E-state index in [2.05, 4.69) is 52.8 Å². The number of piperazine rings is 1. The summed E-state index contributed by atoms with van der Waals surface area (Å²) in [6.45, 7) is 14.4. The molecule has 2 fully saturated rings. The molecule has 1 aromatic rings. The molecule has 0 saturated carbocycles. The number of hydrogen-bond donors (Lipinski definition) is 0. The molecule has 0 aliphatic carbocycles. The zero-order valence-corrected chi connectivity index (χ0v) is 14.3. The van der Waals surface area contributed by atoms with E-state index in [0.717, 1.165) is 19.0 Å². The van der Waals surface area contributed by atoms with Gasteiger partial charge in [-0.05, 0) is 30.5 Å². The van der Waals surface area contributed by atoms with E-state index >= 15 is 0 Å². The molecule has 0 N–H and O–H groups in total. The second-order valence-electron chi connectivity index (χ2n) is 6.77. The van der Waals surface area contributed by atoms with Crippen LogP contribution in [0.25, 0.3) is 0 Å². The molecular weight excluding hydrogens is 270 g/mol. The Morgan fingerprint density at radius 2 is 1.64 bits per heavy atom. The van der Waals surface area contributed by atoms with Gasteiger partial charge in [-0.15, -0.1) is 0 Å². The molecule has 122 valence electrons. The van der Waals surface area contributed by atoms with Crippen molar-refractivity contribution in [1.29, 1.82) is 0 Å². The highest BCUT2D eigenvalue weighted by Gasteiger charge is 2.29. The first-order valence-electron chi connectivity index (χ1n) is 9.05. The third-order valence-corrected chi connectivity index (χ3v) is 5.51. The molecule has 1 unspecified atom stereocenters. The van der Waals surface area contributed by atoms with Gasteiger partial charge in [-0.25, -0.2) is 0 Å². The van der Waals surface area contributed by atoms with Gasteiger partial charge in [-0.1, -0.05) is 38.1 Å². The monoisotopic (exact) mass is 301 g/mol. The van der Waals surface area contributed by atoms with Crippen molar-refractivity contribution in [2.24, 2.45) is 0 Å². The van der Waals surface area contributed by atoms with Crippen molar-refractivity contribution in [2.75, 3.05) is 45.8 Å². The Labute approximate surface area is 135 Å². The van der Waals surface area contributed by atoms with Crippen molar-refractivity contribution >= 4 is 0 Å². The van der Waals surface area contributed by atoms with E-state index in [1.54, 1.807) is 0 Å². The number of likely N-dealkylation sites (tertiary alicyclic amines) is 1. The lowest BCUT2D eigenvalue weighted by atomic mass is 10.1. The van der Waals surface area contributed by atoms with E-state index in [1.165, 1.54) is 63.4 Å². The van der Waals surface area contributed by atoms with Crippen molar-refractivity contribution in [3.8, 4) is 0 Å². The summed E-state index contributed by atoms with van der Waals surface area (Å²) < 4.78 is 0. The number of hydrogen-bond acceptors (Lipinski definition) is 3. The lowest BCUT2D eigenvalue weighted by Gasteiger charge is -2.37. The predicted octanol–water partition coefficient (Wildman–Crippen LogP) is 2.46. The second kappa shape index (κ2) is 7.58. The van der Waals surface area contributed by atoms with Gasteiger partial charge in [0.05, 0.1) is 0 Å². The normalized spacial score (nSPS) is 24.9. The maximum atomic E-state index is 2.73. The molecule has 0 aromatic heterocycles. The molecule has 2 aliphatic heterocycles. The quantitative estimate of drug-likeness (QED) is 0.827. The minimum absolute atomic E-state index is 0.785. The van der Waals surface area contributed by atoms with Crippen molar-refractivity contribution in [2.45, 2.75) is 39.3 Å². The summed E-state index contributed by atoms with van der Waals surface area (Å²) in [5.41, 5.74) is 3.05. The topological polar surface area (TPSA) is 9.72 Å². The van der Waals surface area contributed by atoms with Crippen LogP contribution in [0.3, 0.4) is 0 Å². The molecule has 0 spiro atoms. The summed E-state index contributed by atoms with van der Waals surface area (Å²) >= 11 is 0. The van der Waals surface area contributed by atoms with Crippen LogP contribution in [0.4, 0.5) is 0 Å². The standard InChI is InChI=1S/C19H31N3/c1-3-17-7-5-6-8-18(17)15-21-10-9-19(16-21)22-13-11-20(4-2)12-14-22/h5-8,19H,3-4,9-16H2,1-2H3. The van der Waals surface area contributed by atoms with Crippen molar-refractivity contribution in [1.82, 2.24) is 14.7 Å². The molecule has 2 aliphatic rings. The van der Waals surface area contributed by atoms with Crippen LogP contribution in [-0.2, 0) is 13.0 Å². The predicted molar refractivity (Wildman–Crippen MR) is 93.2 cm³/mol. The van der Waals surface area contributed by atoms with E-state index in [-0.39, 0.29) is 0 Å². The van der Waals surface area contributed by atoms with E-state index in [9.17, 15) is 0 Å². The maximum absolute atomic E-state index is 2.73. The molecule has 0 bridgehead atoms. The van der Waals surface area contributed by atoms with Gasteiger partial charge < -0.3 is 4.90 Å². The van der Waals surface area contributed by atoms with Crippen LogP contribution in [0.5, 0.6) is 0 Å². The smallest absolute Gasteiger partial charge is 0.0237 e. The van der Waals surface area contributed by atoms with Crippen molar-refractivity contribution in [3.05, 3.63) is 35.4 Å². The molecule has 0 amide bonds. The molecule has 0 radical (unpaired) electrons. The van der Waals surface area contributed by atoms with Gasteiger partial charge in [0.2, 0.25) is 0 Å². The van der Waals surface area contributed by atoms with E-state index in [4.69, 9.17) is 0 Å². The molecule has 22 heavy (non-hydrogen) atoms. The number of rotatable bonds is 5. The maximum Gasteiger partial charge on any atom is 0.0237 e. The Balaban J connectivity index is 1.52. The second-order valence-corrected chi connectivity index (χ2v) is 6.77. The molecular formula is C19H31N3. The Hall–Kier alpha value is -0.900. The lowest BCUT2D eigenvalue weighted by Crippen LogP contribution is -2.50. The molecule has 3 nitrogen and oxygen atoms in total. The Morgan fingerprint density at radius 3 is 2.32 bits per heavy atom. The minimum Gasteiger partial charge on any atom is -0.301 e. The van der Waals surface area contributed by atoms with Crippen LogP contribution >= 0.6 is 0 Å². The number of benzene rings is 1. The van der Waals surface area contributed by atoms with E-state index in [1.807, 2.05) is 0 Å². The van der Waals surface area contributed by atoms with Crippen LogP contribution in [0, 0.1) is 0 Å². The summed E-state index contributed by atoms with van der Waals surface area (Å²) in [7, 11) is 0. The third-order valence-electron chi connectivity index (χ3n) is 5.51. The van der Waals surface area contributed by atoms with Crippen LogP contribution in [0.2, 0.25) is 0 Å².